The third kappa shape index (κ3) is 4.08. The molecule has 0 saturated heterocycles. The summed E-state index contributed by atoms with van der Waals surface area (Å²) in [6.07, 6.45) is 1.54. The standard InChI is InChI=1S/C22H17FN4O3S/c1-13-8-16(14(2)26(13)18-5-3-4-17(23)11-18)12-24-25-22(28)21-10-15-9-19(27(29)30)6-7-20(15)31-21/h3-12H,1-2H3,(H,25,28)/b24-12-. The average molecular weight is 436 g/mol. The summed E-state index contributed by atoms with van der Waals surface area (Å²) in [4.78, 5) is 23.3. The van der Waals surface area contributed by atoms with Crippen LogP contribution in [0.4, 0.5) is 10.1 Å². The van der Waals surface area contributed by atoms with Gasteiger partial charge in [0, 0.05) is 44.9 Å². The van der Waals surface area contributed by atoms with Crippen LogP contribution in [0.1, 0.15) is 26.6 Å². The number of aryl methyl sites for hydroxylation is 1. The molecule has 0 aliphatic heterocycles. The van der Waals surface area contributed by atoms with E-state index < -0.39 is 10.8 Å². The fourth-order valence-electron chi connectivity index (χ4n) is 3.40. The number of fused-ring (bicyclic) bond motifs is 1. The predicted octanol–water partition coefficient (Wildman–Crippen LogP) is 5.12. The number of nitrogens with zero attached hydrogens (tertiary/aromatic N) is 3. The van der Waals surface area contributed by atoms with Crippen molar-refractivity contribution in [2.24, 2.45) is 5.10 Å². The van der Waals surface area contributed by atoms with Gasteiger partial charge in [-0.15, -0.1) is 11.3 Å². The molecule has 4 aromatic rings. The molecule has 2 aromatic carbocycles. The molecule has 4 rings (SSSR count). The third-order valence-corrected chi connectivity index (χ3v) is 5.96. The molecule has 0 aliphatic carbocycles. The highest BCUT2D eigenvalue weighted by Gasteiger charge is 2.14. The number of nitro benzene ring substituents is 1. The van der Waals surface area contributed by atoms with Gasteiger partial charge in [0.05, 0.1) is 16.0 Å². The minimum atomic E-state index is -0.471. The first-order valence-electron chi connectivity index (χ1n) is 9.30. The number of rotatable bonds is 5. The summed E-state index contributed by atoms with van der Waals surface area (Å²) in [6, 6.07) is 14.3. The van der Waals surface area contributed by atoms with Gasteiger partial charge < -0.3 is 4.57 Å². The lowest BCUT2D eigenvalue weighted by atomic mass is 10.2. The number of aromatic nitrogens is 1. The van der Waals surface area contributed by atoms with Crippen LogP contribution >= 0.6 is 11.3 Å². The first-order valence-corrected chi connectivity index (χ1v) is 10.1. The molecule has 1 amide bonds. The van der Waals surface area contributed by atoms with Crippen LogP contribution in [-0.2, 0) is 0 Å². The topological polar surface area (TPSA) is 89.5 Å². The molecule has 0 bridgehead atoms. The number of hydrazone groups is 1. The number of nitrogens with one attached hydrogen (secondary N) is 1. The van der Waals surface area contributed by atoms with E-state index >= 15 is 0 Å². The van der Waals surface area contributed by atoms with Gasteiger partial charge in [0.15, 0.2) is 0 Å². The highest BCUT2D eigenvalue weighted by atomic mass is 32.1. The first-order chi connectivity index (χ1) is 14.8. The second-order valence-electron chi connectivity index (χ2n) is 6.93. The molecule has 7 nitrogen and oxygen atoms in total. The molecule has 0 fully saturated rings. The molecule has 2 heterocycles. The summed E-state index contributed by atoms with van der Waals surface area (Å²) >= 11 is 1.23. The van der Waals surface area contributed by atoms with Crippen molar-refractivity contribution in [2.75, 3.05) is 0 Å². The zero-order valence-corrected chi connectivity index (χ0v) is 17.4. The summed E-state index contributed by atoms with van der Waals surface area (Å²) < 4.78 is 16.3. The number of benzene rings is 2. The van der Waals surface area contributed by atoms with Crippen molar-refractivity contribution in [1.29, 1.82) is 0 Å². The van der Waals surface area contributed by atoms with Crippen LogP contribution in [0.2, 0.25) is 0 Å². The highest BCUT2D eigenvalue weighted by Crippen LogP contribution is 2.29. The lowest BCUT2D eigenvalue weighted by Crippen LogP contribution is -2.16. The molecule has 1 N–H and O–H groups in total. The van der Waals surface area contributed by atoms with Crippen molar-refractivity contribution < 1.29 is 14.1 Å². The van der Waals surface area contributed by atoms with E-state index in [-0.39, 0.29) is 11.5 Å². The van der Waals surface area contributed by atoms with E-state index in [9.17, 15) is 19.3 Å². The van der Waals surface area contributed by atoms with E-state index in [2.05, 4.69) is 10.5 Å². The molecule has 0 unspecified atom stereocenters. The Balaban J connectivity index is 1.52. The van der Waals surface area contributed by atoms with Crippen molar-refractivity contribution in [2.45, 2.75) is 13.8 Å². The first kappa shape index (κ1) is 20.4. The smallest absolute Gasteiger partial charge is 0.281 e. The average Bonchev–Trinajstić information content (AvgIpc) is 3.28. The third-order valence-electron chi connectivity index (χ3n) is 4.84. The van der Waals surface area contributed by atoms with Crippen LogP contribution in [0.3, 0.4) is 0 Å². The summed E-state index contributed by atoms with van der Waals surface area (Å²) in [7, 11) is 0. The van der Waals surface area contributed by atoms with Crippen molar-refractivity contribution in [3.05, 3.63) is 92.4 Å². The Morgan fingerprint density at radius 2 is 2.00 bits per heavy atom. The minimum absolute atomic E-state index is 0.0241. The van der Waals surface area contributed by atoms with E-state index in [4.69, 9.17) is 0 Å². The van der Waals surface area contributed by atoms with Gasteiger partial charge in [-0.25, -0.2) is 9.82 Å². The molecular formula is C22H17FN4O3S. The number of amides is 1. The molecule has 0 aliphatic rings. The van der Waals surface area contributed by atoms with Crippen LogP contribution in [0, 0.1) is 29.8 Å². The Morgan fingerprint density at radius 1 is 1.19 bits per heavy atom. The van der Waals surface area contributed by atoms with Crippen LogP contribution in [0.5, 0.6) is 0 Å². The number of carbonyl (C=O) groups excluding carboxylic acids is 1. The largest absolute Gasteiger partial charge is 0.318 e. The minimum Gasteiger partial charge on any atom is -0.318 e. The number of hydrogen-bond donors (Lipinski definition) is 1. The van der Waals surface area contributed by atoms with Gasteiger partial charge in [-0.3, -0.25) is 14.9 Å². The van der Waals surface area contributed by atoms with E-state index in [1.54, 1.807) is 18.2 Å². The van der Waals surface area contributed by atoms with Crippen LogP contribution in [0.15, 0.2) is 59.7 Å². The summed E-state index contributed by atoms with van der Waals surface area (Å²) in [6.45, 7) is 3.80. The normalized spacial score (nSPS) is 11.3. The molecule has 31 heavy (non-hydrogen) atoms. The molecule has 2 aromatic heterocycles. The maximum absolute atomic E-state index is 13.6. The van der Waals surface area contributed by atoms with Gasteiger partial charge in [-0.05, 0) is 50.2 Å². The molecule has 0 radical (unpaired) electrons. The summed E-state index contributed by atoms with van der Waals surface area (Å²) in [5.41, 5.74) is 5.72. The van der Waals surface area contributed by atoms with Gasteiger partial charge in [0.1, 0.15) is 5.82 Å². The van der Waals surface area contributed by atoms with Crippen LogP contribution < -0.4 is 5.43 Å². The lowest BCUT2D eigenvalue weighted by molar-refractivity contribution is -0.384. The Hall–Kier alpha value is -3.85. The lowest BCUT2D eigenvalue weighted by Gasteiger charge is -2.09. The Labute approximate surface area is 180 Å². The van der Waals surface area contributed by atoms with E-state index in [1.165, 1.54) is 41.8 Å². The maximum Gasteiger partial charge on any atom is 0.281 e. The van der Waals surface area contributed by atoms with Gasteiger partial charge in [-0.2, -0.15) is 5.10 Å². The van der Waals surface area contributed by atoms with Crippen LogP contribution in [-0.4, -0.2) is 21.6 Å². The van der Waals surface area contributed by atoms with E-state index in [0.29, 0.717) is 16.0 Å². The van der Waals surface area contributed by atoms with Crippen molar-refractivity contribution in [1.82, 2.24) is 9.99 Å². The summed E-state index contributed by atoms with van der Waals surface area (Å²) in [5.74, 6) is -0.722. The monoisotopic (exact) mass is 436 g/mol. The van der Waals surface area contributed by atoms with Gasteiger partial charge in [-0.1, -0.05) is 6.07 Å². The maximum atomic E-state index is 13.6. The fraction of sp³-hybridized carbons (Fsp3) is 0.0909. The summed E-state index contributed by atoms with van der Waals surface area (Å²) in [5, 5.41) is 15.6. The SMILES string of the molecule is Cc1cc(/C=N\NC(=O)c2cc3cc([N+](=O)[O-])ccc3s2)c(C)n1-c1cccc(F)c1. The molecular weight excluding hydrogens is 419 g/mol. The quantitative estimate of drug-likeness (QED) is 0.267. The van der Waals surface area contributed by atoms with E-state index in [0.717, 1.165) is 21.7 Å². The molecule has 9 heteroatoms. The van der Waals surface area contributed by atoms with Gasteiger partial charge in [0.2, 0.25) is 0 Å². The number of nitro groups is 1. The predicted molar refractivity (Wildman–Crippen MR) is 119 cm³/mol. The van der Waals surface area contributed by atoms with Gasteiger partial charge >= 0.3 is 0 Å². The molecule has 0 atom stereocenters. The Bertz CT molecular complexity index is 1360. The molecule has 0 spiro atoms. The number of non-ortho nitro benzene ring substituents is 1. The van der Waals surface area contributed by atoms with E-state index in [1.807, 2.05) is 30.5 Å². The van der Waals surface area contributed by atoms with Crippen LogP contribution in [0.25, 0.3) is 15.8 Å². The van der Waals surface area contributed by atoms with Gasteiger partial charge in [0.25, 0.3) is 11.6 Å². The Morgan fingerprint density at radius 3 is 2.74 bits per heavy atom. The molecule has 156 valence electrons. The van der Waals surface area contributed by atoms with Crippen molar-refractivity contribution in [3.8, 4) is 5.69 Å². The number of hydrogen-bond acceptors (Lipinski definition) is 5. The number of halogens is 1. The zero-order valence-electron chi connectivity index (χ0n) is 16.6. The number of carbonyl (C=O) groups is 1. The zero-order chi connectivity index (χ0) is 22.1. The second kappa shape index (κ2) is 8.11. The number of thiophene rings is 1. The van der Waals surface area contributed by atoms with Crippen molar-refractivity contribution in [3.63, 3.8) is 0 Å². The fourth-order valence-corrected chi connectivity index (χ4v) is 4.34. The highest BCUT2D eigenvalue weighted by molar-refractivity contribution is 7.20. The Kier molecular flexibility index (Phi) is 5.35. The second-order valence-corrected chi connectivity index (χ2v) is 8.01. The molecule has 0 saturated carbocycles. The van der Waals surface area contributed by atoms with Crippen molar-refractivity contribution >= 4 is 39.2 Å².